The van der Waals surface area contributed by atoms with E-state index in [1.165, 1.54) is 25.4 Å². The van der Waals surface area contributed by atoms with Crippen LogP contribution in [0.2, 0.25) is 0 Å². The summed E-state index contributed by atoms with van der Waals surface area (Å²) < 4.78 is 1.47. The van der Waals surface area contributed by atoms with Crippen molar-refractivity contribution in [1.29, 1.82) is 0 Å². The van der Waals surface area contributed by atoms with Crippen LogP contribution in [0.25, 0.3) is 9.40 Å². The molecule has 2 rings (SSSR count). The Balaban J connectivity index is 2.61. The second-order valence-corrected chi connectivity index (χ2v) is 5.50. The standard InChI is InChI=1S/C10H13NS2/c1-6-5-12-10-9(6)7(2)8(13-10)4-11-3/h5,11H,4H2,1-3H3. The molecule has 0 amide bonds. The summed E-state index contributed by atoms with van der Waals surface area (Å²) in [5, 5.41) is 6.94. The van der Waals surface area contributed by atoms with Crippen molar-refractivity contribution in [3.8, 4) is 0 Å². The Morgan fingerprint density at radius 3 is 2.77 bits per heavy atom. The molecule has 1 N–H and O–H groups in total. The van der Waals surface area contributed by atoms with E-state index in [1.54, 1.807) is 0 Å². The minimum atomic E-state index is 0.997. The summed E-state index contributed by atoms with van der Waals surface area (Å²) in [7, 11) is 2.00. The molecule has 1 nitrogen and oxygen atoms in total. The molecule has 13 heavy (non-hydrogen) atoms. The van der Waals surface area contributed by atoms with E-state index in [2.05, 4.69) is 24.5 Å². The molecule has 0 aromatic carbocycles. The molecule has 2 aromatic heterocycles. The number of rotatable bonds is 2. The van der Waals surface area contributed by atoms with Gasteiger partial charge in [0.15, 0.2) is 0 Å². The number of hydrogen-bond donors (Lipinski definition) is 1. The smallest absolute Gasteiger partial charge is 0.0873 e. The number of hydrogen-bond acceptors (Lipinski definition) is 3. The first kappa shape index (κ1) is 9.19. The maximum atomic E-state index is 3.21. The Kier molecular flexibility index (Phi) is 2.41. The van der Waals surface area contributed by atoms with Crippen LogP contribution in [-0.2, 0) is 6.54 Å². The number of aryl methyl sites for hydroxylation is 2. The summed E-state index contributed by atoms with van der Waals surface area (Å²) in [5.41, 5.74) is 2.89. The zero-order valence-electron chi connectivity index (χ0n) is 8.10. The van der Waals surface area contributed by atoms with Gasteiger partial charge in [0.2, 0.25) is 0 Å². The van der Waals surface area contributed by atoms with Gasteiger partial charge in [-0.3, -0.25) is 0 Å². The van der Waals surface area contributed by atoms with Crippen LogP contribution in [0.5, 0.6) is 0 Å². The van der Waals surface area contributed by atoms with Crippen LogP contribution in [0.1, 0.15) is 16.0 Å². The van der Waals surface area contributed by atoms with Gasteiger partial charge in [-0.1, -0.05) is 0 Å². The van der Waals surface area contributed by atoms with Crippen molar-refractivity contribution in [3.05, 3.63) is 21.4 Å². The van der Waals surface area contributed by atoms with Crippen molar-refractivity contribution in [2.45, 2.75) is 20.4 Å². The molecule has 0 aliphatic rings. The molecule has 0 atom stereocenters. The largest absolute Gasteiger partial charge is 0.315 e. The van der Waals surface area contributed by atoms with Crippen molar-refractivity contribution >= 4 is 32.1 Å². The molecular formula is C10H13NS2. The first-order chi connectivity index (χ1) is 6.24. The predicted molar refractivity (Wildman–Crippen MR) is 61.9 cm³/mol. The monoisotopic (exact) mass is 211 g/mol. The van der Waals surface area contributed by atoms with E-state index in [4.69, 9.17) is 0 Å². The van der Waals surface area contributed by atoms with Gasteiger partial charge >= 0.3 is 0 Å². The quantitative estimate of drug-likeness (QED) is 0.803. The van der Waals surface area contributed by atoms with E-state index >= 15 is 0 Å². The fourth-order valence-corrected chi connectivity index (χ4v) is 4.19. The van der Waals surface area contributed by atoms with Crippen LogP contribution in [0.15, 0.2) is 5.38 Å². The van der Waals surface area contributed by atoms with Gasteiger partial charge < -0.3 is 5.32 Å². The summed E-state index contributed by atoms with van der Waals surface area (Å²) in [6.45, 7) is 5.42. The lowest BCUT2D eigenvalue weighted by Crippen LogP contribution is -2.04. The molecule has 3 heteroatoms. The molecule has 0 unspecified atom stereocenters. The summed E-state index contributed by atoms with van der Waals surface area (Å²) >= 11 is 3.79. The van der Waals surface area contributed by atoms with E-state index in [0.717, 1.165) is 6.54 Å². The maximum Gasteiger partial charge on any atom is 0.0873 e. The summed E-state index contributed by atoms with van der Waals surface area (Å²) in [4.78, 5) is 1.48. The van der Waals surface area contributed by atoms with Crippen LogP contribution in [0.4, 0.5) is 0 Å². The van der Waals surface area contributed by atoms with E-state index < -0.39 is 0 Å². The van der Waals surface area contributed by atoms with Gasteiger partial charge in [-0.25, -0.2) is 0 Å². The number of fused-ring (bicyclic) bond motifs is 1. The van der Waals surface area contributed by atoms with E-state index in [0.29, 0.717) is 0 Å². The third-order valence-corrected chi connectivity index (χ3v) is 4.80. The summed E-state index contributed by atoms with van der Waals surface area (Å²) in [6, 6.07) is 0. The molecule has 0 bridgehead atoms. The van der Waals surface area contributed by atoms with Gasteiger partial charge in [-0.15, -0.1) is 22.7 Å². The molecule has 0 saturated heterocycles. The van der Waals surface area contributed by atoms with Gasteiger partial charge in [-0.05, 0) is 37.4 Å². The Morgan fingerprint density at radius 1 is 1.38 bits per heavy atom. The average molecular weight is 211 g/mol. The first-order valence-electron chi connectivity index (χ1n) is 4.34. The maximum absolute atomic E-state index is 3.21. The minimum absolute atomic E-state index is 0.997. The van der Waals surface area contributed by atoms with Gasteiger partial charge in [0.05, 0.1) is 4.01 Å². The van der Waals surface area contributed by atoms with E-state index in [-0.39, 0.29) is 0 Å². The molecule has 2 heterocycles. The Bertz CT molecular complexity index is 425. The molecule has 0 fully saturated rings. The lowest BCUT2D eigenvalue weighted by Gasteiger charge is -1.96. The average Bonchev–Trinajstić information content (AvgIpc) is 2.58. The lowest BCUT2D eigenvalue weighted by atomic mass is 10.1. The Hall–Kier alpha value is -0.380. The first-order valence-corrected chi connectivity index (χ1v) is 6.04. The second-order valence-electron chi connectivity index (χ2n) is 3.26. The van der Waals surface area contributed by atoms with Crippen LogP contribution < -0.4 is 5.32 Å². The molecule has 70 valence electrons. The highest BCUT2D eigenvalue weighted by atomic mass is 32.2. The fourth-order valence-electron chi connectivity index (χ4n) is 1.60. The lowest BCUT2D eigenvalue weighted by molar-refractivity contribution is 0.827. The summed E-state index contributed by atoms with van der Waals surface area (Å²) in [6.07, 6.45) is 0. The topological polar surface area (TPSA) is 12.0 Å². The van der Waals surface area contributed by atoms with Gasteiger partial charge in [-0.2, -0.15) is 0 Å². The van der Waals surface area contributed by atoms with Crippen molar-refractivity contribution in [3.63, 3.8) is 0 Å². The Labute approximate surface area is 86.4 Å². The van der Waals surface area contributed by atoms with Crippen molar-refractivity contribution in [2.24, 2.45) is 0 Å². The third-order valence-electron chi connectivity index (χ3n) is 2.29. The van der Waals surface area contributed by atoms with Crippen LogP contribution in [0.3, 0.4) is 0 Å². The molecular weight excluding hydrogens is 198 g/mol. The molecule has 2 aromatic rings. The zero-order chi connectivity index (χ0) is 9.42. The molecule has 0 spiro atoms. The highest BCUT2D eigenvalue weighted by molar-refractivity contribution is 7.37. The van der Waals surface area contributed by atoms with E-state index in [1.807, 2.05) is 29.7 Å². The molecule has 0 aliphatic heterocycles. The second kappa shape index (κ2) is 3.40. The van der Waals surface area contributed by atoms with E-state index in [9.17, 15) is 0 Å². The van der Waals surface area contributed by atoms with Gasteiger partial charge in [0.1, 0.15) is 0 Å². The zero-order valence-corrected chi connectivity index (χ0v) is 9.73. The normalized spacial score (nSPS) is 11.3. The molecule has 0 radical (unpaired) electrons. The van der Waals surface area contributed by atoms with Crippen molar-refractivity contribution < 1.29 is 0 Å². The van der Waals surface area contributed by atoms with Crippen molar-refractivity contribution in [1.82, 2.24) is 5.32 Å². The third kappa shape index (κ3) is 1.41. The summed E-state index contributed by atoms with van der Waals surface area (Å²) in [5.74, 6) is 0. The molecule has 0 saturated carbocycles. The van der Waals surface area contributed by atoms with Crippen LogP contribution >= 0.6 is 22.7 Å². The van der Waals surface area contributed by atoms with Crippen molar-refractivity contribution in [2.75, 3.05) is 7.05 Å². The highest BCUT2D eigenvalue weighted by Crippen LogP contribution is 2.37. The highest BCUT2D eigenvalue weighted by Gasteiger charge is 2.10. The number of thiophene rings is 2. The predicted octanol–water partition coefficient (Wildman–Crippen LogP) is 3.30. The van der Waals surface area contributed by atoms with Gasteiger partial charge in [0.25, 0.3) is 0 Å². The Morgan fingerprint density at radius 2 is 2.15 bits per heavy atom. The van der Waals surface area contributed by atoms with Crippen LogP contribution in [0, 0.1) is 13.8 Å². The molecule has 0 aliphatic carbocycles. The van der Waals surface area contributed by atoms with Crippen LogP contribution in [-0.4, -0.2) is 7.05 Å². The SMILES string of the molecule is CNCc1sc2scc(C)c2c1C. The minimum Gasteiger partial charge on any atom is -0.315 e. The van der Waals surface area contributed by atoms with Gasteiger partial charge in [0, 0.05) is 16.8 Å². The fraction of sp³-hybridized carbons (Fsp3) is 0.400. The number of nitrogens with one attached hydrogen (secondary N) is 1.